The Morgan fingerprint density at radius 2 is 1.89 bits per heavy atom. The number of anilines is 2. The monoisotopic (exact) mass is 299 g/mol. The Morgan fingerprint density at radius 3 is 2.53 bits per heavy atom. The summed E-state index contributed by atoms with van der Waals surface area (Å²) in [6, 6.07) is 4.91. The van der Waals surface area contributed by atoms with E-state index < -0.39 is 0 Å². The van der Waals surface area contributed by atoms with Gasteiger partial charge in [-0.05, 0) is 18.2 Å². The van der Waals surface area contributed by atoms with Crippen LogP contribution in [0.4, 0.5) is 11.9 Å². The fourth-order valence-corrected chi connectivity index (χ4v) is 1.71. The van der Waals surface area contributed by atoms with Gasteiger partial charge in [-0.25, -0.2) is 0 Å². The van der Waals surface area contributed by atoms with E-state index in [2.05, 4.69) is 15.0 Å². The highest BCUT2D eigenvalue weighted by atomic mass is 35.5. The fourth-order valence-electron chi connectivity index (χ4n) is 1.26. The van der Waals surface area contributed by atoms with E-state index in [4.69, 9.17) is 33.7 Å². The van der Waals surface area contributed by atoms with E-state index in [1.54, 1.807) is 37.2 Å². The summed E-state index contributed by atoms with van der Waals surface area (Å²) >= 11 is 11.8. The molecule has 100 valence electrons. The maximum Gasteiger partial charge on any atom is 0.328 e. The average molecular weight is 300 g/mol. The van der Waals surface area contributed by atoms with E-state index in [1.807, 2.05) is 0 Å². The van der Waals surface area contributed by atoms with Crippen LogP contribution in [0.3, 0.4) is 0 Å². The molecular formula is C11H11Cl2N5O. The van der Waals surface area contributed by atoms with Crippen LogP contribution in [-0.4, -0.2) is 29.0 Å². The van der Waals surface area contributed by atoms with Crippen molar-refractivity contribution in [2.45, 2.75) is 0 Å². The third-order valence-corrected chi connectivity index (χ3v) is 2.65. The number of aromatic nitrogens is 3. The molecule has 0 aliphatic carbocycles. The van der Waals surface area contributed by atoms with Gasteiger partial charge in [0.05, 0.1) is 5.02 Å². The molecule has 2 aromatic rings. The summed E-state index contributed by atoms with van der Waals surface area (Å²) in [6.45, 7) is 0. The van der Waals surface area contributed by atoms with Crippen molar-refractivity contribution in [1.29, 1.82) is 0 Å². The topological polar surface area (TPSA) is 77.2 Å². The number of halogens is 2. The van der Waals surface area contributed by atoms with Crippen molar-refractivity contribution >= 4 is 35.1 Å². The lowest BCUT2D eigenvalue weighted by atomic mass is 10.3. The van der Waals surface area contributed by atoms with Gasteiger partial charge in [0, 0.05) is 19.1 Å². The van der Waals surface area contributed by atoms with E-state index in [0.29, 0.717) is 21.7 Å². The maximum atomic E-state index is 6.00. The minimum absolute atomic E-state index is 0.0683. The predicted octanol–water partition coefficient (Wildman–Crippen LogP) is 2.62. The molecule has 0 saturated heterocycles. The lowest BCUT2D eigenvalue weighted by Gasteiger charge is -2.12. The van der Waals surface area contributed by atoms with Crippen LogP contribution in [0.5, 0.6) is 11.8 Å². The number of hydrogen-bond acceptors (Lipinski definition) is 6. The minimum Gasteiger partial charge on any atom is -0.423 e. The summed E-state index contributed by atoms with van der Waals surface area (Å²) in [4.78, 5) is 13.6. The molecule has 0 radical (unpaired) electrons. The Morgan fingerprint density at radius 1 is 1.16 bits per heavy atom. The van der Waals surface area contributed by atoms with Gasteiger partial charge in [0.1, 0.15) is 5.75 Å². The van der Waals surface area contributed by atoms with Crippen LogP contribution in [0.1, 0.15) is 0 Å². The molecule has 2 N–H and O–H groups in total. The van der Waals surface area contributed by atoms with Crippen molar-refractivity contribution in [3.8, 4) is 11.8 Å². The fraction of sp³-hybridized carbons (Fsp3) is 0.182. The molecular weight excluding hydrogens is 289 g/mol. The van der Waals surface area contributed by atoms with Gasteiger partial charge in [0.25, 0.3) is 0 Å². The van der Waals surface area contributed by atoms with Crippen LogP contribution in [0.25, 0.3) is 0 Å². The first-order valence-corrected chi connectivity index (χ1v) is 6.03. The Bertz CT molecular complexity index is 606. The standard InChI is InChI=1S/C11H11Cl2N5O/c1-18(2)10-15-9(14)16-11(17-10)19-8-4-3-6(12)5-7(8)13/h3-5H,1-2H3,(H2,14,15,16,17). The first-order valence-electron chi connectivity index (χ1n) is 5.27. The van der Waals surface area contributed by atoms with Gasteiger partial charge in [-0.2, -0.15) is 15.0 Å². The molecule has 0 fully saturated rings. The van der Waals surface area contributed by atoms with Crippen molar-refractivity contribution in [2.75, 3.05) is 24.7 Å². The summed E-state index contributed by atoms with van der Waals surface area (Å²) in [5.74, 6) is 0.854. The molecule has 0 spiro atoms. The third kappa shape index (κ3) is 3.36. The summed E-state index contributed by atoms with van der Waals surface area (Å²) in [5, 5.41) is 0.874. The number of hydrogen-bond donors (Lipinski definition) is 1. The molecule has 0 saturated carbocycles. The number of nitrogens with zero attached hydrogens (tertiary/aromatic N) is 4. The van der Waals surface area contributed by atoms with Gasteiger partial charge in [0.15, 0.2) is 0 Å². The van der Waals surface area contributed by atoms with E-state index in [9.17, 15) is 0 Å². The first kappa shape index (κ1) is 13.6. The molecule has 0 amide bonds. The molecule has 19 heavy (non-hydrogen) atoms. The molecule has 0 unspecified atom stereocenters. The van der Waals surface area contributed by atoms with Gasteiger partial charge >= 0.3 is 6.01 Å². The average Bonchev–Trinajstić information content (AvgIpc) is 2.32. The molecule has 0 aliphatic heterocycles. The largest absolute Gasteiger partial charge is 0.423 e. The summed E-state index contributed by atoms with van der Waals surface area (Å²) in [7, 11) is 3.57. The number of nitrogen functional groups attached to an aromatic ring is 1. The van der Waals surface area contributed by atoms with Gasteiger partial charge in [0.2, 0.25) is 11.9 Å². The first-order chi connectivity index (χ1) is 8.95. The molecule has 0 aliphatic rings. The Kier molecular flexibility index (Phi) is 3.92. The second kappa shape index (κ2) is 5.46. The molecule has 1 heterocycles. The van der Waals surface area contributed by atoms with Crippen LogP contribution < -0.4 is 15.4 Å². The molecule has 1 aromatic heterocycles. The summed E-state index contributed by atoms with van der Waals surface area (Å²) < 4.78 is 5.48. The van der Waals surface area contributed by atoms with E-state index >= 15 is 0 Å². The molecule has 8 heteroatoms. The zero-order chi connectivity index (χ0) is 14.0. The number of rotatable bonds is 3. The van der Waals surface area contributed by atoms with Gasteiger partial charge < -0.3 is 15.4 Å². The zero-order valence-corrected chi connectivity index (χ0v) is 11.8. The predicted molar refractivity (Wildman–Crippen MR) is 75.1 cm³/mol. The lowest BCUT2D eigenvalue weighted by molar-refractivity contribution is 0.441. The molecule has 1 aromatic carbocycles. The minimum atomic E-state index is 0.0683. The molecule has 2 rings (SSSR count). The molecule has 0 atom stereocenters. The Balaban J connectivity index is 2.32. The van der Waals surface area contributed by atoms with Crippen LogP contribution in [0.15, 0.2) is 18.2 Å². The number of nitrogens with two attached hydrogens (primary N) is 1. The second-order valence-electron chi connectivity index (χ2n) is 3.85. The van der Waals surface area contributed by atoms with Crippen LogP contribution in [0, 0.1) is 0 Å². The van der Waals surface area contributed by atoms with Crippen LogP contribution in [0.2, 0.25) is 10.0 Å². The van der Waals surface area contributed by atoms with Gasteiger partial charge in [-0.1, -0.05) is 23.2 Å². The quantitative estimate of drug-likeness (QED) is 0.939. The van der Waals surface area contributed by atoms with Crippen molar-refractivity contribution in [3.05, 3.63) is 28.2 Å². The SMILES string of the molecule is CN(C)c1nc(N)nc(Oc2ccc(Cl)cc2Cl)n1. The highest BCUT2D eigenvalue weighted by molar-refractivity contribution is 6.35. The Labute approximate surface area is 120 Å². The number of ether oxygens (including phenoxy) is 1. The second-order valence-corrected chi connectivity index (χ2v) is 4.69. The van der Waals surface area contributed by atoms with E-state index in [1.165, 1.54) is 0 Å². The number of benzene rings is 1. The van der Waals surface area contributed by atoms with Crippen LogP contribution >= 0.6 is 23.2 Å². The summed E-state index contributed by atoms with van der Waals surface area (Å²) in [6.07, 6.45) is 0. The smallest absolute Gasteiger partial charge is 0.328 e. The highest BCUT2D eigenvalue weighted by Crippen LogP contribution is 2.30. The summed E-state index contributed by atoms with van der Waals surface area (Å²) in [5.41, 5.74) is 5.59. The normalized spacial score (nSPS) is 10.3. The van der Waals surface area contributed by atoms with Gasteiger partial charge in [-0.15, -0.1) is 0 Å². The van der Waals surface area contributed by atoms with Crippen molar-refractivity contribution in [3.63, 3.8) is 0 Å². The lowest BCUT2D eigenvalue weighted by Crippen LogP contribution is -2.15. The van der Waals surface area contributed by atoms with E-state index in [-0.39, 0.29) is 12.0 Å². The molecule has 6 nitrogen and oxygen atoms in total. The zero-order valence-electron chi connectivity index (χ0n) is 10.3. The van der Waals surface area contributed by atoms with Crippen LogP contribution in [-0.2, 0) is 0 Å². The molecule has 0 bridgehead atoms. The highest BCUT2D eigenvalue weighted by Gasteiger charge is 2.10. The maximum absolute atomic E-state index is 6.00. The van der Waals surface area contributed by atoms with Gasteiger partial charge in [-0.3, -0.25) is 0 Å². The Hall–Kier alpha value is -1.79. The third-order valence-electron chi connectivity index (χ3n) is 2.12. The van der Waals surface area contributed by atoms with E-state index in [0.717, 1.165) is 0 Å². The van der Waals surface area contributed by atoms with Crippen molar-refractivity contribution in [1.82, 2.24) is 15.0 Å². The van der Waals surface area contributed by atoms with Crippen molar-refractivity contribution in [2.24, 2.45) is 0 Å². The van der Waals surface area contributed by atoms with Crippen molar-refractivity contribution < 1.29 is 4.74 Å².